The van der Waals surface area contributed by atoms with E-state index in [4.69, 9.17) is 0 Å². The van der Waals surface area contributed by atoms with Gasteiger partial charge in [-0.25, -0.2) is 14.4 Å². The van der Waals surface area contributed by atoms with Crippen molar-refractivity contribution in [3.63, 3.8) is 0 Å². The van der Waals surface area contributed by atoms with Crippen molar-refractivity contribution in [2.75, 3.05) is 11.9 Å². The van der Waals surface area contributed by atoms with E-state index in [-0.39, 0.29) is 5.82 Å². The van der Waals surface area contributed by atoms with Crippen LogP contribution < -0.4 is 5.32 Å². The van der Waals surface area contributed by atoms with E-state index in [1.807, 2.05) is 6.07 Å². The molecule has 0 aliphatic carbocycles. The summed E-state index contributed by atoms with van der Waals surface area (Å²) in [6.45, 7) is 2.90. The van der Waals surface area contributed by atoms with Crippen molar-refractivity contribution in [3.8, 4) is 0 Å². The standard InChI is InChI=1S/C15H18FN3/c1-2-3-14-10-15(19-11-18-14)17-9-8-12-4-6-13(16)7-5-12/h4-7,10-11H,2-3,8-9H2,1H3,(H,17,18,19). The Labute approximate surface area is 112 Å². The predicted molar refractivity (Wildman–Crippen MR) is 74.6 cm³/mol. The quantitative estimate of drug-likeness (QED) is 0.865. The summed E-state index contributed by atoms with van der Waals surface area (Å²) in [6.07, 6.45) is 4.47. The second-order valence-electron chi connectivity index (χ2n) is 4.45. The van der Waals surface area contributed by atoms with Gasteiger partial charge in [0, 0.05) is 18.3 Å². The molecule has 19 heavy (non-hydrogen) atoms. The molecule has 1 aromatic heterocycles. The smallest absolute Gasteiger partial charge is 0.129 e. The molecule has 2 rings (SSSR count). The van der Waals surface area contributed by atoms with Crippen LogP contribution in [-0.2, 0) is 12.8 Å². The van der Waals surface area contributed by atoms with Gasteiger partial charge in [0.15, 0.2) is 0 Å². The van der Waals surface area contributed by atoms with Gasteiger partial charge >= 0.3 is 0 Å². The molecule has 0 unspecified atom stereocenters. The third-order valence-corrected chi connectivity index (χ3v) is 2.86. The van der Waals surface area contributed by atoms with Crippen LogP contribution in [0, 0.1) is 5.82 Å². The minimum absolute atomic E-state index is 0.197. The number of benzene rings is 1. The fourth-order valence-electron chi connectivity index (χ4n) is 1.87. The molecule has 0 aliphatic rings. The van der Waals surface area contributed by atoms with Crippen molar-refractivity contribution in [2.45, 2.75) is 26.2 Å². The van der Waals surface area contributed by atoms with Crippen molar-refractivity contribution >= 4 is 5.82 Å². The molecule has 0 aliphatic heterocycles. The fourth-order valence-corrected chi connectivity index (χ4v) is 1.87. The van der Waals surface area contributed by atoms with Crippen molar-refractivity contribution < 1.29 is 4.39 Å². The molecule has 0 atom stereocenters. The molecule has 1 N–H and O–H groups in total. The van der Waals surface area contributed by atoms with Crippen LogP contribution in [0.15, 0.2) is 36.7 Å². The van der Waals surface area contributed by atoms with Gasteiger partial charge in [-0.05, 0) is 30.5 Å². The maximum absolute atomic E-state index is 12.8. The molecular formula is C15H18FN3. The third kappa shape index (κ3) is 4.32. The molecule has 2 aromatic rings. The second-order valence-corrected chi connectivity index (χ2v) is 4.45. The van der Waals surface area contributed by atoms with Gasteiger partial charge in [-0.1, -0.05) is 25.5 Å². The van der Waals surface area contributed by atoms with Crippen LogP contribution >= 0.6 is 0 Å². The number of halogens is 1. The third-order valence-electron chi connectivity index (χ3n) is 2.86. The summed E-state index contributed by atoms with van der Waals surface area (Å²) < 4.78 is 12.8. The van der Waals surface area contributed by atoms with Crippen LogP contribution in [0.1, 0.15) is 24.6 Å². The maximum atomic E-state index is 12.8. The molecule has 0 bridgehead atoms. The molecule has 0 fully saturated rings. The van der Waals surface area contributed by atoms with Crippen molar-refractivity contribution in [1.82, 2.24) is 9.97 Å². The number of aryl methyl sites for hydroxylation is 1. The Morgan fingerprint density at radius 2 is 1.89 bits per heavy atom. The lowest BCUT2D eigenvalue weighted by atomic mass is 10.1. The molecule has 0 radical (unpaired) electrons. The monoisotopic (exact) mass is 259 g/mol. The molecule has 3 nitrogen and oxygen atoms in total. The first kappa shape index (κ1) is 13.5. The molecule has 0 spiro atoms. The fraction of sp³-hybridized carbons (Fsp3) is 0.333. The average molecular weight is 259 g/mol. The molecule has 4 heteroatoms. The van der Waals surface area contributed by atoms with Crippen molar-refractivity contribution in [3.05, 3.63) is 53.7 Å². The summed E-state index contributed by atoms with van der Waals surface area (Å²) in [4.78, 5) is 8.40. The lowest BCUT2D eigenvalue weighted by Gasteiger charge is -2.06. The first-order valence-corrected chi connectivity index (χ1v) is 6.57. The minimum atomic E-state index is -0.197. The Kier molecular flexibility index (Phi) is 4.84. The lowest BCUT2D eigenvalue weighted by molar-refractivity contribution is 0.627. The Bertz CT molecular complexity index is 511. The highest BCUT2D eigenvalue weighted by atomic mass is 19.1. The van der Waals surface area contributed by atoms with Crippen LogP contribution in [-0.4, -0.2) is 16.5 Å². The zero-order valence-corrected chi connectivity index (χ0v) is 11.1. The van der Waals surface area contributed by atoms with Gasteiger partial charge in [-0.15, -0.1) is 0 Å². The van der Waals surface area contributed by atoms with Gasteiger partial charge in [0.2, 0.25) is 0 Å². The van der Waals surface area contributed by atoms with E-state index < -0.39 is 0 Å². The molecule has 0 saturated heterocycles. The highest BCUT2D eigenvalue weighted by Gasteiger charge is 1.98. The largest absolute Gasteiger partial charge is 0.370 e. The zero-order chi connectivity index (χ0) is 13.5. The summed E-state index contributed by atoms with van der Waals surface area (Å²) in [5.41, 5.74) is 2.17. The predicted octanol–water partition coefficient (Wildman–Crippen LogP) is 3.22. The van der Waals surface area contributed by atoms with Crippen molar-refractivity contribution in [1.29, 1.82) is 0 Å². The highest BCUT2D eigenvalue weighted by molar-refractivity contribution is 5.35. The summed E-state index contributed by atoms with van der Waals surface area (Å²) in [7, 11) is 0. The van der Waals surface area contributed by atoms with Crippen LogP contribution in [0.4, 0.5) is 10.2 Å². The van der Waals surface area contributed by atoms with E-state index in [0.717, 1.165) is 42.9 Å². The van der Waals surface area contributed by atoms with Crippen LogP contribution in [0.25, 0.3) is 0 Å². The average Bonchev–Trinajstić information content (AvgIpc) is 2.42. The number of nitrogens with zero attached hydrogens (tertiary/aromatic N) is 2. The molecule has 0 amide bonds. The normalized spacial score (nSPS) is 10.4. The van der Waals surface area contributed by atoms with Crippen LogP contribution in [0.3, 0.4) is 0 Å². The van der Waals surface area contributed by atoms with E-state index >= 15 is 0 Å². The van der Waals surface area contributed by atoms with Crippen LogP contribution in [0.5, 0.6) is 0 Å². The summed E-state index contributed by atoms with van der Waals surface area (Å²) in [5.74, 6) is 0.650. The molecule has 1 aromatic carbocycles. The van der Waals surface area contributed by atoms with E-state index in [1.54, 1.807) is 18.5 Å². The van der Waals surface area contributed by atoms with Gasteiger partial charge in [0.1, 0.15) is 18.0 Å². The van der Waals surface area contributed by atoms with Gasteiger partial charge in [-0.3, -0.25) is 0 Å². The van der Waals surface area contributed by atoms with E-state index in [9.17, 15) is 4.39 Å². The first-order chi connectivity index (χ1) is 9.28. The van der Waals surface area contributed by atoms with Crippen LogP contribution in [0.2, 0.25) is 0 Å². The van der Waals surface area contributed by atoms with Gasteiger partial charge in [-0.2, -0.15) is 0 Å². The number of aromatic nitrogens is 2. The van der Waals surface area contributed by atoms with Gasteiger partial charge < -0.3 is 5.32 Å². The Balaban J connectivity index is 1.85. The Hall–Kier alpha value is -1.97. The van der Waals surface area contributed by atoms with Gasteiger partial charge in [0.25, 0.3) is 0 Å². The SMILES string of the molecule is CCCc1cc(NCCc2ccc(F)cc2)ncn1. The number of hydrogen-bond donors (Lipinski definition) is 1. The maximum Gasteiger partial charge on any atom is 0.129 e. The molecule has 0 saturated carbocycles. The van der Waals surface area contributed by atoms with Gasteiger partial charge in [0.05, 0.1) is 0 Å². The summed E-state index contributed by atoms with van der Waals surface area (Å²) in [5, 5.41) is 3.26. The number of anilines is 1. The molecular weight excluding hydrogens is 241 g/mol. The molecule has 100 valence electrons. The zero-order valence-electron chi connectivity index (χ0n) is 11.1. The van der Waals surface area contributed by atoms with E-state index in [0.29, 0.717) is 0 Å². The lowest BCUT2D eigenvalue weighted by Crippen LogP contribution is -2.07. The summed E-state index contributed by atoms with van der Waals surface area (Å²) in [6, 6.07) is 8.56. The van der Waals surface area contributed by atoms with E-state index in [2.05, 4.69) is 22.2 Å². The second kappa shape index (κ2) is 6.83. The Morgan fingerprint density at radius 3 is 2.63 bits per heavy atom. The summed E-state index contributed by atoms with van der Waals surface area (Å²) >= 11 is 0. The topological polar surface area (TPSA) is 37.8 Å². The first-order valence-electron chi connectivity index (χ1n) is 6.57. The number of hydrogen-bond acceptors (Lipinski definition) is 3. The minimum Gasteiger partial charge on any atom is -0.370 e. The molecule has 1 heterocycles. The van der Waals surface area contributed by atoms with Crippen molar-refractivity contribution in [2.24, 2.45) is 0 Å². The Morgan fingerprint density at radius 1 is 1.11 bits per heavy atom. The number of rotatable bonds is 6. The highest BCUT2D eigenvalue weighted by Crippen LogP contribution is 2.07. The van der Waals surface area contributed by atoms with E-state index in [1.165, 1.54) is 12.1 Å². The number of nitrogens with one attached hydrogen (secondary N) is 1.